The number of unbranched alkanes of at least 4 members (excludes halogenated alkanes) is 4. The van der Waals surface area contributed by atoms with Crippen LogP contribution in [-0.2, 0) is 6.42 Å². The average Bonchev–Trinajstić information content (AvgIpc) is 2.61. The molecule has 4 heteroatoms. The molecule has 2 rings (SSSR count). The second-order valence-corrected chi connectivity index (χ2v) is 6.50. The van der Waals surface area contributed by atoms with Gasteiger partial charge in [0.1, 0.15) is 5.82 Å². The van der Waals surface area contributed by atoms with E-state index in [-0.39, 0.29) is 5.82 Å². The Morgan fingerprint density at radius 1 is 0.920 bits per heavy atom. The minimum absolute atomic E-state index is 0.253. The van der Waals surface area contributed by atoms with E-state index in [1.165, 1.54) is 31.9 Å². The van der Waals surface area contributed by atoms with Crippen molar-refractivity contribution in [1.82, 2.24) is 0 Å². The van der Waals surface area contributed by atoms with Crippen molar-refractivity contribution < 1.29 is 4.39 Å². The molecule has 0 radical (unpaired) electrons. The standard InChI is InChI=1S/C21H24ClFN2/c1-2-3-4-5-6-7-17-8-11-19(21(23)14-17)16-25-24-15-18-9-12-20(22)13-10-18/h8-16H,2-7H2,1H3. The van der Waals surface area contributed by atoms with Gasteiger partial charge in [0.05, 0.1) is 12.4 Å². The zero-order valence-corrected chi connectivity index (χ0v) is 15.3. The van der Waals surface area contributed by atoms with E-state index in [1.54, 1.807) is 30.5 Å². The Bertz CT molecular complexity index is 708. The van der Waals surface area contributed by atoms with Crippen LogP contribution in [0.3, 0.4) is 0 Å². The summed E-state index contributed by atoms with van der Waals surface area (Å²) in [5.74, 6) is -0.253. The zero-order chi connectivity index (χ0) is 17.9. The minimum Gasteiger partial charge on any atom is -0.206 e. The van der Waals surface area contributed by atoms with Gasteiger partial charge in [0.25, 0.3) is 0 Å². The number of halogens is 2. The smallest absolute Gasteiger partial charge is 0.132 e. The molecular weight excluding hydrogens is 335 g/mol. The lowest BCUT2D eigenvalue weighted by molar-refractivity contribution is 0.614. The highest BCUT2D eigenvalue weighted by atomic mass is 35.5. The lowest BCUT2D eigenvalue weighted by Crippen LogP contribution is -1.93. The van der Waals surface area contributed by atoms with Crippen molar-refractivity contribution in [3.05, 3.63) is 70.0 Å². The first kappa shape index (κ1) is 19.3. The van der Waals surface area contributed by atoms with Crippen molar-refractivity contribution in [2.75, 3.05) is 0 Å². The molecule has 0 saturated carbocycles. The van der Waals surface area contributed by atoms with Gasteiger partial charge in [0, 0.05) is 10.6 Å². The number of benzene rings is 2. The maximum absolute atomic E-state index is 14.1. The molecule has 25 heavy (non-hydrogen) atoms. The summed E-state index contributed by atoms with van der Waals surface area (Å²) in [6, 6.07) is 12.6. The average molecular weight is 359 g/mol. The van der Waals surface area contributed by atoms with Gasteiger partial charge in [-0.05, 0) is 42.2 Å². The minimum atomic E-state index is -0.253. The van der Waals surface area contributed by atoms with Crippen molar-refractivity contribution in [3.63, 3.8) is 0 Å². The van der Waals surface area contributed by atoms with Gasteiger partial charge in [0.15, 0.2) is 0 Å². The van der Waals surface area contributed by atoms with E-state index in [0.717, 1.165) is 24.0 Å². The summed E-state index contributed by atoms with van der Waals surface area (Å²) in [5, 5.41) is 8.53. The lowest BCUT2D eigenvalue weighted by atomic mass is 10.0. The third kappa shape index (κ3) is 7.18. The monoisotopic (exact) mass is 358 g/mol. The Morgan fingerprint density at radius 3 is 2.36 bits per heavy atom. The first-order valence-electron chi connectivity index (χ1n) is 8.79. The van der Waals surface area contributed by atoms with E-state index in [4.69, 9.17) is 11.6 Å². The topological polar surface area (TPSA) is 24.7 Å². The molecule has 2 aromatic carbocycles. The second kappa shape index (κ2) is 10.8. The molecule has 0 aliphatic carbocycles. The van der Waals surface area contributed by atoms with Gasteiger partial charge in [-0.3, -0.25) is 0 Å². The van der Waals surface area contributed by atoms with E-state index < -0.39 is 0 Å². The number of hydrogen-bond donors (Lipinski definition) is 0. The molecule has 132 valence electrons. The molecule has 0 spiro atoms. The number of rotatable bonds is 9. The summed E-state index contributed by atoms with van der Waals surface area (Å²) in [4.78, 5) is 0. The van der Waals surface area contributed by atoms with E-state index in [0.29, 0.717) is 10.6 Å². The predicted octanol–water partition coefficient (Wildman–Crippen LogP) is 6.45. The fourth-order valence-corrected chi connectivity index (χ4v) is 2.63. The SMILES string of the molecule is CCCCCCCc1ccc(C=NN=Cc2ccc(Cl)cc2)c(F)c1. The molecule has 0 N–H and O–H groups in total. The van der Waals surface area contributed by atoms with E-state index in [2.05, 4.69) is 17.1 Å². The van der Waals surface area contributed by atoms with Gasteiger partial charge in [0.2, 0.25) is 0 Å². The zero-order valence-electron chi connectivity index (χ0n) is 14.6. The molecule has 0 aromatic heterocycles. The fraction of sp³-hybridized carbons (Fsp3) is 0.333. The molecule has 0 aliphatic rings. The molecule has 0 unspecified atom stereocenters. The normalized spacial score (nSPS) is 11.6. The Hall–Kier alpha value is -2.00. The molecule has 0 saturated heterocycles. The highest BCUT2D eigenvalue weighted by molar-refractivity contribution is 6.30. The van der Waals surface area contributed by atoms with Crippen LogP contribution < -0.4 is 0 Å². The third-order valence-electron chi connectivity index (χ3n) is 3.97. The summed E-state index contributed by atoms with van der Waals surface area (Å²) >= 11 is 5.82. The van der Waals surface area contributed by atoms with Gasteiger partial charge >= 0.3 is 0 Å². The molecule has 2 nitrogen and oxygen atoms in total. The van der Waals surface area contributed by atoms with Crippen LogP contribution >= 0.6 is 11.6 Å². The Balaban J connectivity index is 1.86. The van der Waals surface area contributed by atoms with Gasteiger partial charge in [-0.25, -0.2) is 4.39 Å². The van der Waals surface area contributed by atoms with Crippen molar-refractivity contribution in [3.8, 4) is 0 Å². The van der Waals surface area contributed by atoms with Crippen LogP contribution in [0.4, 0.5) is 4.39 Å². The van der Waals surface area contributed by atoms with Crippen molar-refractivity contribution in [1.29, 1.82) is 0 Å². The molecule has 0 bridgehead atoms. The summed E-state index contributed by atoms with van der Waals surface area (Å²) in [6.07, 6.45) is 10.1. The van der Waals surface area contributed by atoms with Gasteiger partial charge < -0.3 is 0 Å². The lowest BCUT2D eigenvalue weighted by Gasteiger charge is -2.03. The molecule has 0 aliphatic heterocycles. The molecule has 0 atom stereocenters. The molecule has 0 fully saturated rings. The maximum atomic E-state index is 14.1. The summed E-state index contributed by atoms with van der Waals surface area (Å²) < 4.78 is 14.1. The largest absolute Gasteiger partial charge is 0.206 e. The second-order valence-electron chi connectivity index (χ2n) is 6.06. The van der Waals surface area contributed by atoms with Gasteiger partial charge in [-0.2, -0.15) is 10.2 Å². The van der Waals surface area contributed by atoms with E-state index >= 15 is 0 Å². The van der Waals surface area contributed by atoms with Crippen LogP contribution in [0.1, 0.15) is 55.7 Å². The first-order chi connectivity index (χ1) is 12.2. The van der Waals surface area contributed by atoms with E-state index in [1.807, 2.05) is 18.2 Å². The van der Waals surface area contributed by atoms with Crippen molar-refractivity contribution in [2.24, 2.45) is 10.2 Å². The van der Waals surface area contributed by atoms with E-state index in [9.17, 15) is 4.39 Å². The van der Waals surface area contributed by atoms with Gasteiger partial charge in [-0.1, -0.05) is 68.5 Å². The highest BCUT2D eigenvalue weighted by Crippen LogP contribution is 2.13. The number of aryl methyl sites for hydroxylation is 1. The third-order valence-corrected chi connectivity index (χ3v) is 4.23. The summed E-state index contributed by atoms with van der Waals surface area (Å²) in [7, 11) is 0. The Kier molecular flexibility index (Phi) is 8.33. The van der Waals surface area contributed by atoms with Gasteiger partial charge in [-0.15, -0.1) is 0 Å². The van der Waals surface area contributed by atoms with Crippen LogP contribution in [0.15, 0.2) is 52.7 Å². The first-order valence-corrected chi connectivity index (χ1v) is 9.17. The molecule has 0 heterocycles. The molecular formula is C21H24ClFN2. The highest BCUT2D eigenvalue weighted by Gasteiger charge is 2.02. The quantitative estimate of drug-likeness (QED) is 0.280. The summed E-state index contributed by atoms with van der Waals surface area (Å²) in [5.41, 5.74) is 2.37. The van der Waals surface area contributed by atoms with Crippen LogP contribution in [0.25, 0.3) is 0 Å². The fourth-order valence-electron chi connectivity index (χ4n) is 2.51. The van der Waals surface area contributed by atoms with Crippen LogP contribution in [0.2, 0.25) is 5.02 Å². The van der Waals surface area contributed by atoms with Crippen LogP contribution in [0.5, 0.6) is 0 Å². The Morgan fingerprint density at radius 2 is 1.64 bits per heavy atom. The van der Waals surface area contributed by atoms with Crippen molar-refractivity contribution >= 4 is 24.0 Å². The molecule has 2 aromatic rings. The van der Waals surface area contributed by atoms with Crippen molar-refractivity contribution in [2.45, 2.75) is 45.4 Å². The van der Waals surface area contributed by atoms with Crippen LogP contribution in [0, 0.1) is 5.82 Å². The predicted molar refractivity (Wildman–Crippen MR) is 106 cm³/mol. The number of nitrogens with zero attached hydrogens (tertiary/aromatic N) is 2. The molecule has 0 amide bonds. The number of hydrogen-bond acceptors (Lipinski definition) is 2. The van der Waals surface area contributed by atoms with Crippen LogP contribution in [-0.4, -0.2) is 12.4 Å². The maximum Gasteiger partial charge on any atom is 0.132 e. The summed E-state index contributed by atoms with van der Waals surface area (Å²) in [6.45, 7) is 2.20. The Labute approximate surface area is 154 Å².